The zero-order valence-corrected chi connectivity index (χ0v) is 19.2. The Bertz CT molecular complexity index is 449. The van der Waals surface area contributed by atoms with Crippen molar-refractivity contribution in [2.45, 2.75) is 123 Å². The van der Waals surface area contributed by atoms with Crippen LogP contribution in [0, 0.1) is 0 Å². The Hall–Kier alpha value is -1.35. The van der Waals surface area contributed by atoms with Crippen molar-refractivity contribution in [2.24, 2.45) is 11.5 Å². The van der Waals surface area contributed by atoms with Gasteiger partial charge in [0.1, 0.15) is 5.94 Å². The van der Waals surface area contributed by atoms with Crippen molar-refractivity contribution in [3.8, 4) is 0 Å². The highest BCUT2D eigenvalue weighted by Gasteiger charge is 2.08. The summed E-state index contributed by atoms with van der Waals surface area (Å²) in [6, 6.07) is -0.387. The third-order valence-electron chi connectivity index (χ3n) is 5.26. The van der Waals surface area contributed by atoms with Crippen molar-refractivity contribution < 1.29 is 10.3 Å². The van der Waals surface area contributed by atoms with Gasteiger partial charge in [-0.1, -0.05) is 117 Å². The Kier molecular flexibility index (Phi) is 23.6. The molecule has 1 aliphatic rings. The lowest BCUT2D eigenvalue weighted by Crippen LogP contribution is -2.23. The maximum absolute atomic E-state index is 10.1. The van der Waals surface area contributed by atoms with E-state index < -0.39 is 0 Å². The molecule has 4 nitrogen and oxygen atoms in total. The minimum Gasteiger partial charge on any atom is -0.412 e. The predicted octanol–water partition coefficient (Wildman–Crippen LogP) is 5.93. The highest BCUT2D eigenvalue weighted by Crippen LogP contribution is 2.13. The van der Waals surface area contributed by atoms with E-state index in [4.69, 9.17) is 11.5 Å². The summed E-state index contributed by atoms with van der Waals surface area (Å²) in [6.07, 6.45) is 28.2. The van der Waals surface area contributed by atoms with Crippen molar-refractivity contribution >= 4 is 5.94 Å². The van der Waals surface area contributed by atoms with Crippen LogP contribution in [0.2, 0.25) is 0 Å². The average molecular weight is 409 g/mol. The summed E-state index contributed by atoms with van der Waals surface area (Å²) in [4.78, 5) is 10.1. The van der Waals surface area contributed by atoms with Gasteiger partial charge in [-0.05, 0) is 18.2 Å². The Morgan fingerprint density at radius 2 is 1.07 bits per heavy atom. The van der Waals surface area contributed by atoms with Crippen molar-refractivity contribution in [2.75, 3.05) is 0 Å². The summed E-state index contributed by atoms with van der Waals surface area (Å²) >= 11 is 0. The van der Waals surface area contributed by atoms with Crippen LogP contribution < -0.4 is 11.5 Å². The molecule has 0 spiro atoms. The van der Waals surface area contributed by atoms with Crippen LogP contribution in [0.5, 0.6) is 0 Å². The molecule has 170 valence electrons. The van der Waals surface area contributed by atoms with Gasteiger partial charge in [-0.25, -0.2) is 4.79 Å². The highest BCUT2D eigenvalue weighted by atomic mass is 16.1. The number of hydrogen-bond donors (Lipinski definition) is 2. The van der Waals surface area contributed by atoms with Crippen LogP contribution in [-0.2, 0) is 4.79 Å². The lowest BCUT2D eigenvalue weighted by atomic mass is 10.0. The third-order valence-corrected chi connectivity index (χ3v) is 5.26. The molecule has 1 rings (SSSR count). The molecule has 0 aromatic heterocycles. The van der Waals surface area contributed by atoms with Crippen LogP contribution in [0.3, 0.4) is 0 Å². The fourth-order valence-electron chi connectivity index (χ4n) is 3.37. The molecule has 0 aliphatic heterocycles. The predicted molar refractivity (Wildman–Crippen MR) is 127 cm³/mol. The monoisotopic (exact) mass is 408 g/mol. The molecule has 4 heteroatoms. The molecule has 0 saturated carbocycles. The first kappa shape index (κ1) is 29.8. The molecule has 0 amide bonds. The minimum atomic E-state index is -0.387. The molecule has 0 heterocycles. The van der Waals surface area contributed by atoms with Crippen molar-refractivity contribution in [1.82, 2.24) is 0 Å². The summed E-state index contributed by atoms with van der Waals surface area (Å²) in [5.74, 6) is 1.73. The zero-order valence-electron chi connectivity index (χ0n) is 19.2. The summed E-state index contributed by atoms with van der Waals surface area (Å²) in [5.41, 5.74) is 11.9. The van der Waals surface area contributed by atoms with Crippen LogP contribution in [0.4, 0.5) is 0 Å². The van der Waals surface area contributed by atoms with Gasteiger partial charge in [0.05, 0.1) is 11.6 Å². The normalized spacial score (nSPS) is 15.1. The van der Waals surface area contributed by atoms with Gasteiger partial charge in [0, 0.05) is 5.70 Å². The van der Waals surface area contributed by atoms with Gasteiger partial charge in [-0.15, -0.1) is 0 Å². The second-order valence-electron chi connectivity index (χ2n) is 8.03. The van der Waals surface area contributed by atoms with E-state index in [1.54, 1.807) is 24.2 Å². The maximum atomic E-state index is 10.1. The van der Waals surface area contributed by atoms with Gasteiger partial charge < -0.3 is 16.9 Å². The van der Waals surface area contributed by atoms with Gasteiger partial charge in [-0.2, -0.15) is 0 Å². The molecule has 0 fully saturated rings. The average Bonchev–Trinajstić information content (AvgIpc) is 2.69. The maximum Gasteiger partial charge on any atom is 0.129 e. The molecule has 6 N–H and O–H groups in total. The fraction of sp³-hybridized carbons (Fsp3) is 0.760. The van der Waals surface area contributed by atoms with Gasteiger partial charge in [0.15, 0.2) is 0 Å². The van der Waals surface area contributed by atoms with E-state index in [2.05, 4.69) is 13.8 Å². The van der Waals surface area contributed by atoms with E-state index in [0.717, 1.165) is 0 Å². The first-order chi connectivity index (χ1) is 13.7. The standard InChI is InChI=1S/C18H38.C7H8N2O.H2O/c1-3-5-7-9-11-13-15-17-18-16-14-12-10-8-6-4-2;8-6-2-1-5(4-10)7(9)3-6;/h3-18H2,1-2H3;1-3,7H,8-9H2;1H2. The lowest BCUT2D eigenvalue weighted by Gasteiger charge is -2.09. The topological polar surface area (TPSA) is 101 Å². The van der Waals surface area contributed by atoms with E-state index in [9.17, 15) is 4.79 Å². The SMILES string of the molecule is CCCCCCCCCCCCCCCCCC.NC1=CC(N)C(=C=O)C=C1.O. The Labute approximate surface area is 180 Å². The Morgan fingerprint density at radius 3 is 1.34 bits per heavy atom. The van der Waals surface area contributed by atoms with Crippen molar-refractivity contribution in [3.63, 3.8) is 0 Å². The van der Waals surface area contributed by atoms with Gasteiger partial charge in [0.25, 0.3) is 0 Å². The largest absolute Gasteiger partial charge is 0.412 e. The molecule has 1 unspecified atom stereocenters. The molecule has 0 aromatic rings. The molecule has 0 saturated heterocycles. The number of hydrogen-bond acceptors (Lipinski definition) is 3. The van der Waals surface area contributed by atoms with Gasteiger partial charge in [0.2, 0.25) is 0 Å². The number of unbranched alkanes of at least 4 members (excludes halogenated alkanes) is 15. The second kappa shape index (κ2) is 22.9. The fourth-order valence-corrected chi connectivity index (χ4v) is 3.37. The summed E-state index contributed by atoms with van der Waals surface area (Å²) in [6.45, 7) is 4.59. The van der Waals surface area contributed by atoms with E-state index in [1.807, 2.05) is 0 Å². The van der Waals surface area contributed by atoms with Gasteiger partial charge >= 0.3 is 0 Å². The number of carbonyl (C=O) groups excluding carboxylic acids is 1. The third kappa shape index (κ3) is 19.7. The first-order valence-electron chi connectivity index (χ1n) is 11.8. The smallest absolute Gasteiger partial charge is 0.129 e. The summed E-state index contributed by atoms with van der Waals surface area (Å²) in [7, 11) is 0. The molecule has 1 aliphatic carbocycles. The van der Waals surface area contributed by atoms with E-state index in [-0.39, 0.29) is 11.5 Å². The van der Waals surface area contributed by atoms with E-state index in [1.165, 1.54) is 103 Å². The van der Waals surface area contributed by atoms with Crippen molar-refractivity contribution in [1.29, 1.82) is 0 Å². The first-order valence-corrected chi connectivity index (χ1v) is 11.8. The highest BCUT2D eigenvalue weighted by molar-refractivity contribution is 5.62. The molecular weight excluding hydrogens is 360 g/mol. The molecule has 29 heavy (non-hydrogen) atoms. The van der Waals surface area contributed by atoms with Crippen molar-refractivity contribution in [3.05, 3.63) is 29.5 Å². The second-order valence-corrected chi connectivity index (χ2v) is 8.03. The molecule has 0 aromatic carbocycles. The van der Waals surface area contributed by atoms with E-state index in [0.29, 0.717) is 11.3 Å². The van der Waals surface area contributed by atoms with Crippen LogP contribution in [-0.4, -0.2) is 17.5 Å². The Balaban J connectivity index is 0. The number of allylic oxidation sites excluding steroid dienone is 1. The molecule has 0 radical (unpaired) electrons. The summed E-state index contributed by atoms with van der Waals surface area (Å²) in [5, 5.41) is 0. The van der Waals surface area contributed by atoms with E-state index >= 15 is 0 Å². The van der Waals surface area contributed by atoms with Crippen LogP contribution in [0.25, 0.3) is 0 Å². The quantitative estimate of drug-likeness (QED) is 0.259. The molecular formula is C25H48N2O2. The van der Waals surface area contributed by atoms with Crippen LogP contribution >= 0.6 is 0 Å². The minimum absolute atomic E-state index is 0. The molecule has 1 atom stereocenters. The van der Waals surface area contributed by atoms with Gasteiger partial charge in [-0.3, -0.25) is 0 Å². The zero-order chi connectivity index (χ0) is 20.9. The number of nitrogens with two attached hydrogens (primary N) is 2. The summed E-state index contributed by atoms with van der Waals surface area (Å²) < 4.78 is 0. The van der Waals surface area contributed by atoms with Crippen LogP contribution in [0.1, 0.15) is 117 Å². The Morgan fingerprint density at radius 1 is 0.724 bits per heavy atom. The van der Waals surface area contributed by atoms with Crippen LogP contribution in [0.15, 0.2) is 29.5 Å². The molecule has 0 bridgehead atoms. The lowest BCUT2D eigenvalue weighted by molar-refractivity contribution is 0.531. The number of rotatable bonds is 15.